The molecule has 0 aliphatic heterocycles. The number of pyridine rings is 1. The van der Waals surface area contributed by atoms with Crippen molar-refractivity contribution in [2.45, 2.75) is 19.5 Å². The number of benzene rings is 1. The lowest BCUT2D eigenvalue weighted by Crippen LogP contribution is -2.24. The molecule has 1 aromatic heterocycles. The third-order valence-electron chi connectivity index (χ3n) is 2.80. The number of hydrogen-bond donors (Lipinski definition) is 1. The van der Waals surface area contributed by atoms with Crippen molar-refractivity contribution in [3.05, 3.63) is 35.5 Å². The Balaban J connectivity index is 2.17. The number of Topliss-reactive ketones (excluding diaryl/α,β-unsaturated/α-hetero) is 1. The Morgan fingerprint density at radius 1 is 1.36 bits per heavy atom. The number of ketones is 1. The lowest BCUT2D eigenvalue weighted by molar-refractivity contribution is -0.169. The number of rotatable bonds is 4. The van der Waals surface area contributed by atoms with E-state index in [-0.39, 0.29) is 5.71 Å². The molecule has 22 heavy (non-hydrogen) atoms. The molecule has 2 aromatic rings. The molecule has 0 saturated carbocycles. The van der Waals surface area contributed by atoms with Gasteiger partial charge in [0.2, 0.25) is 5.78 Å². The highest BCUT2D eigenvalue weighted by Crippen LogP contribution is 2.24. The Morgan fingerprint density at radius 2 is 2.09 bits per heavy atom. The summed E-state index contributed by atoms with van der Waals surface area (Å²) >= 11 is 5.87. The van der Waals surface area contributed by atoms with E-state index in [4.69, 9.17) is 11.6 Å². The number of hydrazone groups is 1. The van der Waals surface area contributed by atoms with Crippen molar-refractivity contribution in [2.24, 2.45) is 5.10 Å². The molecule has 0 bridgehead atoms. The van der Waals surface area contributed by atoms with E-state index < -0.39 is 18.4 Å². The summed E-state index contributed by atoms with van der Waals surface area (Å²) in [4.78, 5) is 15.0. The van der Waals surface area contributed by atoms with Crippen molar-refractivity contribution in [1.29, 1.82) is 0 Å². The van der Waals surface area contributed by atoms with Crippen LogP contribution in [0.2, 0.25) is 5.02 Å². The van der Waals surface area contributed by atoms with Crippen molar-refractivity contribution in [3.8, 4) is 0 Å². The van der Waals surface area contributed by atoms with E-state index in [0.29, 0.717) is 21.6 Å². The molecule has 1 heterocycles. The minimum Gasteiger partial charge on any atom is -0.289 e. The van der Waals surface area contributed by atoms with E-state index in [9.17, 15) is 18.0 Å². The first-order valence-corrected chi connectivity index (χ1v) is 6.58. The van der Waals surface area contributed by atoms with E-state index >= 15 is 0 Å². The summed E-state index contributed by atoms with van der Waals surface area (Å²) in [5.74, 6) is -1.83. The van der Waals surface area contributed by atoms with Gasteiger partial charge in [0, 0.05) is 22.3 Å². The summed E-state index contributed by atoms with van der Waals surface area (Å²) in [5.41, 5.74) is 3.86. The minimum atomic E-state index is -4.85. The van der Waals surface area contributed by atoms with Gasteiger partial charge in [-0.05, 0) is 31.2 Å². The maximum atomic E-state index is 12.2. The van der Waals surface area contributed by atoms with E-state index in [1.54, 1.807) is 24.3 Å². The molecular formula is C14H11ClF3N3O. The van der Waals surface area contributed by atoms with Crippen molar-refractivity contribution in [1.82, 2.24) is 4.98 Å². The zero-order valence-corrected chi connectivity index (χ0v) is 12.2. The lowest BCUT2D eigenvalue weighted by atomic mass is 10.2. The Bertz CT molecular complexity index is 744. The third kappa shape index (κ3) is 3.94. The fourth-order valence-corrected chi connectivity index (χ4v) is 1.91. The van der Waals surface area contributed by atoms with Crippen molar-refractivity contribution < 1.29 is 18.0 Å². The van der Waals surface area contributed by atoms with Crippen molar-refractivity contribution in [2.75, 3.05) is 5.43 Å². The number of carbonyl (C=O) groups is 1. The molecule has 0 unspecified atom stereocenters. The molecule has 0 amide bonds. The van der Waals surface area contributed by atoms with Crippen LogP contribution >= 0.6 is 11.6 Å². The number of nitrogens with one attached hydrogen (secondary N) is 1. The number of fused-ring (bicyclic) bond motifs is 1. The summed E-state index contributed by atoms with van der Waals surface area (Å²) < 4.78 is 36.5. The van der Waals surface area contributed by atoms with Crippen LogP contribution in [0.3, 0.4) is 0 Å². The SMILES string of the molecule is CC(CC(=O)C(F)(F)F)=NNc1ccnc2cc(Cl)ccc12. The molecule has 1 N–H and O–H groups in total. The maximum absolute atomic E-state index is 12.2. The van der Waals surface area contributed by atoms with Crippen LogP contribution in [0.1, 0.15) is 13.3 Å². The van der Waals surface area contributed by atoms with E-state index in [2.05, 4.69) is 15.5 Å². The van der Waals surface area contributed by atoms with Gasteiger partial charge >= 0.3 is 6.18 Å². The molecule has 0 radical (unpaired) electrons. The first-order valence-electron chi connectivity index (χ1n) is 6.21. The average Bonchev–Trinajstić information content (AvgIpc) is 2.43. The highest BCUT2D eigenvalue weighted by Gasteiger charge is 2.37. The smallest absolute Gasteiger partial charge is 0.289 e. The van der Waals surface area contributed by atoms with Crippen LogP contribution < -0.4 is 5.43 Å². The number of hydrogen-bond acceptors (Lipinski definition) is 4. The highest BCUT2D eigenvalue weighted by atomic mass is 35.5. The molecule has 0 saturated heterocycles. The average molecular weight is 330 g/mol. The van der Waals surface area contributed by atoms with Gasteiger partial charge in [-0.1, -0.05) is 11.6 Å². The zero-order valence-electron chi connectivity index (χ0n) is 11.4. The Labute approximate surface area is 129 Å². The first-order chi connectivity index (χ1) is 10.3. The van der Waals surface area contributed by atoms with Crippen LogP contribution in [0.25, 0.3) is 10.9 Å². The third-order valence-corrected chi connectivity index (χ3v) is 3.04. The summed E-state index contributed by atoms with van der Waals surface area (Å²) in [6.45, 7) is 1.34. The Kier molecular flexibility index (Phi) is 4.65. The molecule has 0 spiro atoms. The van der Waals surface area contributed by atoms with Gasteiger partial charge in [-0.15, -0.1) is 0 Å². The Hall–Kier alpha value is -2.15. The quantitative estimate of drug-likeness (QED) is 0.675. The molecule has 116 valence electrons. The predicted molar refractivity (Wildman–Crippen MR) is 79.2 cm³/mol. The fraction of sp³-hybridized carbons (Fsp3) is 0.214. The van der Waals surface area contributed by atoms with Crippen molar-refractivity contribution in [3.63, 3.8) is 0 Å². The van der Waals surface area contributed by atoms with E-state index in [1.807, 2.05) is 0 Å². The molecule has 0 atom stereocenters. The summed E-state index contributed by atoms with van der Waals surface area (Å²) in [6.07, 6.45) is -4.12. The second-order valence-corrected chi connectivity index (χ2v) is 5.01. The lowest BCUT2D eigenvalue weighted by Gasteiger charge is -2.07. The zero-order chi connectivity index (χ0) is 16.3. The molecule has 0 aliphatic carbocycles. The maximum Gasteiger partial charge on any atom is 0.450 e. The fourth-order valence-electron chi connectivity index (χ4n) is 1.75. The molecule has 8 heteroatoms. The summed E-state index contributed by atoms with van der Waals surface area (Å²) in [7, 11) is 0. The number of aromatic nitrogens is 1. The van der Waals surface area contributed by atoms with Crippen LogP contribution in [0.4, 0.5) is 18.9 Å². The van der Waals surface area contributed by atoms with Crippen LogP contribution in [0.5, 0.6) is 0 Å². The number of halogens is 4. The van der Waals surface area contributed by atoms with Gasteiger partial charge in [-0.25, -0.2) is 0 Å². The molecule has 0 fully saturated rings. The second-order valence-electron chi connectivity index (χ2n) is 4.58. The van der Waals surface area contributed by atoms with Crippen molar-refractivity contribution >= 4 is 39.7 Å². The largest absolute Gasteiger partial charge is 0.450 e. The molecule has 4 nitrogen and oxygen atoms in total. The monoisotopic (exact) mass is 329 g/mol. The second kappa shape index (κ2) is 6.31. The Morgan fingerprint density at radius 3 is 2.77 bits per heavy atom. The highest BCUT2D eigenvalue weighted by molar-refractivity contribution is 6.31. The van der Waals surface area contributed by atoms with Crippen LogP contribution in [0.15, 0.2) is 35.6 Å². The summed E-state index contributed by atoms with van der Waals surface area (Å²) in [5, 5.41) is 5.04. The molecule has 2 rings (SSSR count). The molecule has 1 aromatic carbocycles. The number of carbonyl (C=O) groups excluding carboxylic acids is 1. The molecule has 0 aliphatic rings. The first kappa shape index (κ1) is 16.2. The minimum absolute atomic E-state index is 0.0289. The standard InChI is InChI=1S/C14H11ClF3N3O/c1-8(6-13(22)14(16,17)18)20-21-11-4-5-19-12-7-9(15)2-3-10(11)12/h2-5,7H,6H2,1H3,(H,19,21). The normalized spacial score (nSPS) is 12.5. The van der Waals surface area contributed by atoms with Gasteiger partial charge in [0.15, 0.2) is 0 Å². The van der Waals surface area contributed by atoms with Crippen LogP contribution in [0, 0.1) is 0 Å². The van der Waals surface area contributed by atoms with Gasteiger partial charge in [-0.2, -0.15) is 18.3 Å². The number of nitrogens with zero attached hydrogens (tertiary/aromatic N) is 2. The summed E-state index contributed by atoms with van der Waals surface area (Å²) in [6, 6.07) is 6.67. The molecular weight excluding hydrogens is 319 g/mol. The van der Waals surface area contributed by atoms with Gasteiger partial charge in [0.05, 0.1) is 17.6 Å². The van der Waals surface area contributed by atoms with Gasteiger partial charge < -0.3 is 0 Å². The topological polar surface area (TPSA) is 54.4 Å². The predicted octanol–water partition coefficient (Wildman–Crippen LogP) is 4.20. The van der Waals surface area contributed by atoms with Crippen LogP contribution in [-0.2, 0) is 4.79 Å². The van der Waals surface area contributed by atoms with E-state index in [1.165, 1.54) is 13.1 Å². The van der Waals surface area contributed by atoms with Crippen LogP contribution in [-0.4, -0.2) is 22.7 Å². The number of anilines is 1. The van der Waals surface area contributed by atoms with Gasteiger partial charge in [0.1, 0.15) is 0 Å². The van der Waals surface area contributed by atoms with Gasteiger partial charge in [-0.3, -0.25) is 15.2 Å². The van der Waals surface area contributed by atoms with E-state index in [0.717, 1.165) is 0 Å². The number of alkyl halides is 3. The van der Waals surface area contributed by atoms with Gasteiger partial charge in [0.25, 0.3) is 0 Å².